The van der Waals surface area contributed by atoms with Crippen molar-refractivity contribution in [3.63, 3.8) is 0 Å². The fraction of sp³-hybridized carbons (Fsp3) is 0.217. The molecule has 0 unspecified atom stereocenters. The fourth-order valence-electron chi connectivity index (χ4n) is 2.99. The zero-order valence-corrected chi connectivity index (χ0v) is 18.4. The molecule has 31 heavy (non-hydrogen) atoms. The first-order valence-corrected chi connectivity index (χ1v) is 11.1. The van der Waals surface area contributed by atoms with Crippen molar-refractivity contribution in [2.24, 2.45) is 0 Å². The van der Waals surface area contributed by atoms with Crippen molar-refractivity contribution in [3.05, 3.63) is 95.6 Å². The van der Waals surface area contributed by atoms with E-state index in [0.717, 1.165) is 41.1 Å². The molecule has 158 valence electrons. The Bertz CT molecular complexity index is 1360. The first-order chi connectivity index (χ1) is 15.0. The van der Waals surface area contributed by atoms with Crippen LogP contribution in [0, 0.1) is 0 Å². The molecule has 2 heterocycles. The maximum atomic E-state index is 12.8. The Labute approximate surface area is 187 Å². The van der Waals surface area contributed by atoms with Crippen LogP contribution in [0.2, 0.25) is 5.02 Å². The molecular weight excluding hydrogens is 434 g/mol. The molecule has 0 amide bonds. The van der Waals surface area contributed by atoms with Gasteiger partial charge in [0.2, 0.25) is 4.96 Å². The third-order valence-electron chi connectivity index (χ3n) is 4.68. The van der Waals surface area contributed by atoms with Gasteiger partial charge in [0.15, 0.2) is 0 Å². The van der Waals surface area contributed by atoms with Gasteiger partial charge in [-0.05, 0) is 47.9 Å². The number of halogens is 1. The Balaban J connectivity index is 1.63. The summed E-state index contributed by atoms with van der Waals surface area (Å²) < 4.78 is 7.33. The predicted octanol–water partition coefficient (Wildman–Crippen LogP) is 3.48. The van der Waals surface area contributed by atoms with Gasteiger partial charge in [-0.25, -0.2) is 0 Å². The molecule has 0 bridgehead atoms. The van der Waals surface area contributed by atoms with Crippen LogP contribution in [0.3, 0.4) is 0 Å². The lowest BCUT2D eigenvalue weighted by atomic mass is 10.1. The van der Waals surface area contributed by atoms with Crippen molar-refractivity contribution in [2.75, 3.05) is 6.61 Å². The molecular formula is C23H20ClN3O3S. The van der Waals surface area contributed by atoms with Crippen LogP contribution >= 0.6 is 22.9 Å². The summed E-state index contributed by atoms with van der Waals surface area (Å²) in [5, 5.41) is 4.89. The summed E-state index contributed by atoms with van der Waals surface area (Å²) in [7, 11) is 0. The van der Waals surface area contributed by atoms with E-state index in [-0.39, 0.29) is 22.6 Å². The number of thiazole rings is 1. The molecule has 6 nitrogen and oxygen atoms in total. The Morgan fingerprint density at radius 2 is 1.84 bits per heavy atom. The molecule has 0 aliphatic carbocycles. The van der Waals surface area contributed by atoms with Gasteiger partial charge in [-0.15, -0.1) is 0 Å². The Kier molecular flexibility index (Phi) is 6.44. The number of aromatic nitrogens is 3. The maximum absolute atomic E-state index is 12.8. The molecule has 2 aromatic heterocycles. The number of fused-ring (bicyclic) bond motifs is 1. The lowest BCUT2D eigenvalue weighted by molar-refractivity contribution is 0.309. The number of ether oxygens (including phenoxy) is 1. The van der Waals surface area contributed by atoms with E-state index >= 15 is 0 Å². The quantitative estimate of drug-likeness (QED) is 0.400. The predicted molar refractivity (Wildman–Crippen MR) is 123 cm³/mol. The van der Waals surface area contributed by atoms with Crippen molar-refractivity contribution in [1.29, 1.82) is 0 Å². The van der Waals surface area contributed by atoms with Crippen LogP contribution in [0.1, 0.15) is 36.6 Å². The summed E-state index contributed by atoms with van der Waals surface area (Å²) in [6.07, 6.45) is 4.13. The monoisotopic (exact) mass is 453 g/mol. The number of benzene rings is 2. The van der Waals surface area contributed by atoms with Gasteiger partial charge in [0.25, 0.3) is 11.1 Å². The minimum Gasteiger partial charge on any atom is -0.494 e. The van der Waals surface area contributed by atoms with Crippen molar-refractivity contribution in [2.45, 2.75) is 26.2 Å². The third-order valence-corrected chi connectivity index (χ3v) is 5.89. The smallest absolute Gasteiger partial charge is 0.296 e. The first-order valence-electron chi connectivity index (χ1n) is 9.95. The fourth-order valence-corrected chi connectivity index (χ4v) is 4.02. The number of rotatable bonds is 7. The highest BCUT2D eigenvalue weighted by atomic mass is 35.5. The highest BCUT2D eigenvalue weighted by Gasteiger charge is 2.12. The summed E-state index contributed by atoms with van der Waals surface area (Å²) in [5.41, 5.74) is 1.21. The van der Waals surface area contributed by atoms with Crippen LogP contribution in [-0.4, -0.2) is 21.2 Å². The van der Waals surface area contributed by atoms with Gasteiger partial charge in [-0.1, -0.05) is 60.5 Å². The Morgan fingerprint density at radius 1 is 1.10 bits per heavy atom. The molecule has 0 spiro atoms. The van der Waals surface area contributed by atoms with Crippen molar-refractivity contribution < 1.29 is 4.74 Å². The van der Waals surface area contributed by atoms with Crippen LogP contribution < -0.4 is 20.4 Å². The van der Waals surface area contributed by atoms with E-state index in [4.69, 9.17) is 16.3 Å². The molecule has 0 radical (unpaired) electrons. The molecule has 2 aromatic carbocycles. The topological polar surface area (TPSA) is 73.6 Å². The summed E-state index contributed by atoms with van der Waals surface area (Å²) in [5.74, 6) is 0.796. The second kappa shape index (κ2) is 9.41. The zero-order chi connectivity index (χ0) is 21.8. The molecule has 0 atom stereocenters. The van der Waals surface area contributed by atoms with Gasteiger partial charge in [0.05, 0.1) is 11.1 Å². The Morgan fingerprint density at radius 3 is 2.55 bits per heavy atom. The molecule has 0 aliphatic heterocycles. The molecule has 8 heteroatoms. The van der Waals surface area contributed by atoms with E-state index in [0.29, 0.717) is 16.2 Å². The van der Waals surface area contributed by atoms with Gasteiger partial charge in [0, 0.05) is 11.4 Å². The molecule has 0 saturated heterocycles. The van der Waals surface area contributed by atoms with Crippen LogP contribution in [0.4, 0.5) is 0 Å². The van der Waals surface area contributed by atoms with Crippen molar-refractivity contribution in [1.82, 2.24) is 14.6 Å². The molecule has 4 aromatic rings. The minimum atomic E-state index is -0.434. The van der Waals surface area contributed by atoms with Crippen LogP contribution in [0.5, 0.6) is 5.75 Å². The Hall–Kier alpha value is -3.03. The summed E-state index contributed by atoms with van der Waals surface area (Å²) in [6, 6.07) is 14.7. The summed E-state index contributed by atoms with van der Waals surface area (Å²) in [4.78, 5) is 29.6. The van der Waals surface area contributed by atoms with E-state index in [2.05, 4.69) is 17.0 Å². The average Bonchev–Trinajstić information content (AvgIpc) is 3.06. The van der Waals surface area contributed by atoms with Gasteiger partial charge in [-0.2, -0.15) is 14.6 Å². The number of hydrogen-bond acceptors (Lipinski definition) is 6. The van der Waals surface area contributed by atoms with E-state index < -0.39 is 5.56 Å². The third kappa shape index (κ3) is 5.00. The lowest BCUT2D eigenvalue weighted by Crippen LogP contribution is -2.28. The lowest BCUT2D eigenvalue weighted by Gasteiger charge is -2.04. The van der Waals surface area contributed by atoms with Gasteiger partial charge in [-0.3, -0.25) is 9.59 Å². The molecule has 0 N–H and O–H groups in total. The highest BCUT2D eigenvalue weighted by molar-refractivity contribution is 7.15. The van der Waals surface area contributed by atoms with Crippen molar-refractivity contribution >= 4 is 34.0 Å². The standard InChI is InChI=1S/C23H20ClN3O3S/c1-2-3-12-30-18-10-6-16(7-11-18)14-20-22(29)27-23(31-20)25-21(28)19(26-27)13-15-4-8-17(24)9-5-15/h4-11,14H,2-3,12-13H2,1H3/b20-14-. The average molecular weight is 454 g/mol. The van der Waals surface area contributed by atoms with Crippen LogP contribution in [0.15, 0.2) is 58.1 Å². The second-order valence-corrected chi connectivity index (χ2v) is 8.49. The van der Waals surface area contributed by atoms with Gasteiger partial charge >= 0.3 is 0 Å². The second-order valence-electron chi connectivity index (χ2n) is 7.05. The van der Waals surface area contributed by atoms with Gasteiger partial charge < -0.3 is 4.74 Å². The van der Waals surface area contributed by atoms with E-state index in [1.54, 1.807) is 18.2 Å². The first kappa shape index (κ1) is 21.2. The molecule has 0 aliphatic rings. The number of unbranched alkanes of at least 4 members (excludes halogenated alkanes) is 1. The summed E-state index contributed by atoms with van der Waals surface area (Å²) in [6.45, 7) is 2.80. The number of nitrogens with zero attached hydrogens (tertiary/aromatic N) is 3. The normalized spacial score (nSPS) is 11.9. The SMILES string of the molecule is CCCCOc1ccc(/C=c2\sc3nc(=O)c(Cc4ccc(Cl)cc4)nn3c2=O)cc1. The van der Waals surface area contributed by atoms with Crippen LogP contribution in [-0.2, 0) is 6.42 Å². The largest absolute Gasteiger partial charge is 0.494 e. The zero-order valence-electron chi connectivity index (χ0n) is 16.9. The van der Waals surface area contributed by atoms with E-state index in [9.17, 15) is 9.59 Å². The molecule has 0 fully saturated rings. The maximum Gasteiger partial charge on any atom is 0.296 e. The van der Waals surface area contributed by atoms with Crippen LogP contribution in [0.25, 0.3) is 11.0 Å². The van der Waals surface area contributed by atoms with Crippen molar-refractivity contribution in [3.8, 4) is 5.75 Å². The number of hydrogen-bond donors (Lipinski definition) is 0. The van der Waals surface area contributed by atoms with Gasteiger partial charge in [0.1, 0.15) is 11.4 Å². The minimum absolute atomic E-state index is 0.217. The molecule has 4 rings (SSSR count). The summed E-state index contributed by atoms with van der Waals surface area (Å²) >= 11 is 7.05. The highest BCUT2D eigenvalue weighted by Crippen LogP contribution is 2.14. The molecule has 0 saturated carbocycles. The van der Waals surface area contributed by atoms with E-state index in [1.165, 1.54) is 4.52 Å². The van der Waals surface area contributed by atoms with E-state index in [1.807, 2.05) is 36.4 Å².